The summed E-state index contributed by atoms with van der Waals surface area (Å²) in [7, 11) is 0. The zero-order chi connectivity index (χ0) is 12.1. The number of alkyl halides is 1. The van der Waals surface area contributed by atoms with E-state index in [0.717, 1.165) is 6.42 Å². The van der Waals surface area contributed by atoms with Crippen molar-refractivity contribution < 1.29 is 4.79 Å². The van der Waals surface area contributed by atoms with Crippen molar-refractivity contribution in [1.29, 1.82) is 0 Å². The van der Waals surface area contributed by atoms with Crippen LogP contribution in [0.25, 0.3) is 0 Å². The minimum atomic E-state index is -0.145. The standard InChI is InChI=1S/C11H14Br2N2O/c1-7(12)6-8(2)15-11(16)10-9(13)4-3-5-14-10/h3-5,7-8H,6H2,1-2H3,(H,15,16). The molecule has 2 unspecified atom stereocenters. The van der Waals surface area contributed by atoms with Crippen LogP contribution in [0.15, 0.2) is 22.8 Å². The molecule has 1 aromatic rings. The monoisotopic (exact) mass is 348 g/mol. The fraction of sp³-hybridized carbons (Fsp3) is 0.455. The summed E-state index contributed by atoms with van der Waals surface area (Å²) in [5, 5.41) is 2.91. The predicted molar refractivity (Wildman–Crippen MR) is 71.9 cm³/mol. The lowest BCUT2D eigenvalue weighted by Crippen LogP contribution is -2.34. The van der Waals surface area contributed by atoms with Gasteiger partial charge in [0.05, 0.1) is 0 Å². The number of pyridine rings is 1. The fourth-order valence-electron chi connectivity index (χ4n) is 1.39. The number of rotatable bonds is 4. The molecule has 0 bridgehead atoms. The second kappa shape index (κ2) is 6.35. The first-order valence-electron chi connectivity index (χ1n) is 5.06. The molecule has 0 aliphatic carbocycles. The highest BCUT2D eigenvalue weighted by molar-refractivity contribution is 9.10. The SMILES string of the molecule is CC(Br)CC(C)NC(=O)c1ncccc1Br. The van der Waals surface area contributed by atoms with Gasteiger partial charge in [-0.15, -0.1) is 0 Å². The molecule has 88 valence electrons. The van der Waals surface area contributed by atoms with Gasteiger partial charge in [-0.2, -0.15) is 0 Å². The average molecular weight is 350 g/mol. The predicted octanol–water partition coefficient (Wildman–Crippen LogP) is 3.14. The molecule has 0 aliphatic rings. The lowest BCUT2D eigenvalue weighted by atomic mass is 10.2. The van der Waals surface area contributed by atoms with Gasteiger partial charge in [-0.3, -0.25) is 4.79 Å². The number of amides is 1. The van der Waals surface area contributed by atoms with Gasteiger partial charge < -0.3 is 5.32 Å². The molecule has 3 nitrogen and oxygen atoms in total. The largest absolute Gasteiger partial charge is 0.348 e. The van der Waals surface area contributed by atoms with E-state index in [4.69, 9.17) is 0 Å². The zero-order valence-electron chi connectivity index (χ0n) is 9.21. The second-order valence-electron chi connectivity index (χ2n) is 3.72. The van der Waals surface area contributed by atoms with Crippen LogP contribution in [0.4, 0.5) is 0 Å². The Kier molecular flexibility index (Phi) is 5.41. The van der Waals surface area contributed by atoms with Crippen LogP contribution in [0.3, 0.4) is 0 Å². The summed E-state index contributed by atoms with van der Waals surface area (Å²) in [6.07, 6.45) is 2.49. The molecule has 0 fully saturated rings. The minimum Gasteiger partial charge on any atom is -0.348 e. The van der Waals surface area contributed by atoms with Gasteiger partial charge in [0.1, 0.15) is 5.69 Å². The zero-order valence-corrected chi connectivity index (χ0v) is 12.4. The van der Waals surface area contributed by atoms with Crippen LogP contribution in [0, 0.1) is 0 Å². The van der Waals surface area contributed by atoms with Gasteiger partial charge in [0.15, 0.2) is 0 Å². The molecule has 0 spiro atoms. The van der Waals surface area contributed by atoms with Crippen LogP contribution in [0.1, 0.15) is 30.8 Å². The van der Waals surface area contributed by atoms with Gasteiger partial charge in [0.25, 0.3) is 5.91 Å². The Morgan fingerprint density at radius 1 is 1.56 bits per heavy atom. The first kappa shape index (κ1) is 13.6. The first-order chi connectivity index (χ1) is 7.50. The molecular formula is C11H14Br2N2O. The minimum absolute atomic E-state index is 0.121. The molecule has 16 heavy (non-hydrogen) atoms. The molecule has 0 aliphatic heterocycles. The third kappa shape index (κ3) is 4.22. The highest BCUT2D eigenvalue weighted by Gasteiger charge is 2.14. The summed E-state index contributed by atoms with van der Waals surface area (Å²) in [4.78, 5) is 16.3. The lowest BCUT2D eigenvalue weighted by Gasteiger charge is -2.15. The van der Waals surface area contributed by atoms with Gasteiger partial charge in [-0.05, 0) is 41.4 Å². The summed E-state index contributed by atoms with van der Waals surface area (Å²) in [5.41, 5.74) is 0.427. The van der Waals surface area contributed by atoms with Gasteiger partial charge in [-0.1, -0.05) is 22.9 Å². The number of hydrogen-bond acceptors (Lipinski definition) is 2. The number of carbonyl (C=O) groups is 1. The Balaban J connectivity index is 2.63. The van der Waals surface area contributed by atoms with E-state index in [-0.39, 0.29) is 11.9 Å². The van der Waals surface area contributed by atoms with E-state index in [2.05, 4.69) is 49.1 Å². The van der Waals surface area contributed by atoms with Gasteiger partial charge in [0.2, 0.25) is 0 Å². The highest BCUT2D eigenvalue weighted by atomic mass is 79.9. The number of hydrogen-bond donors (Lipinski definition) is 1. The Bertz CT molecular complexity index is 369. The Morgan fingerprint density at radius 3 is 2.81 bits per heavy atom. The van der Waals surface area contributed by atoms with Crippen LogP contribution < -0.4 is 5.32 Å². The smallest absolute Gasteiger partial charge is 0.271 e. The summed E-state index contributed by atoms with van der Waals surface area (Å²) in [6, 6.07) is 3.71. The molecule has 2 atom stereocenters. The van der Waals surface area contributed by atoms with E-state index >= 15 is 0 Å². The van der Waals surface area contributed by atoms with Gasteiger partial charge >= 0.3 is 0 Å². The maximum absolute atomic E-state index is 11.8. The summed E-state index contributed by atoms with van der Waals surface area (Å²) in [6.45, 7) is 4.03. The van der Waals surface area contributed by atoms with Crippen molar-refractivity contribution in [3.05, 3.63) is 28.5 Å². The molecular weight excluding hydrogens is 336 g/mol. The van der Waals surface area contributed by atoms with Gasteiger partial charge in [-0.25, -0.2) is 4.98 Å². The van der Waals surface area contributed by atoms with Crippen molar-refractivity contribution >= 4 is 37.8 Å². The van der Waals surface area contributed by atoms with E-state index in [0.29, 0.717) is 15.0 Å². The Labute approximate surface area is 112 Å². The second-order valence-corrected chi connectivity index (χ2v) is 6.14. The third-order valence-electron chi connectivity index (χ3n) is 2.03. The first-order valence-corrected chi connectivity index (χ1v) is 6.77. The van der Waals surface area contributed by atoms with Crippen LogP contribution in [-0.4, -0.2) is 21.8 Å². The van der Waals surface area contributed by atoms with Crippen LogP contribution >= 0.6 is 31.9 Å². The van der Waals surface area contributed by atoms with Crippen LogP contribution in [-0.2, 0) is 0 Å². The molecule has 0 saturated carbocycles. The van der Waals surface area contributed by atoms with Crippen LogP contribution in [0.5, 0.6) is 0 Å². The van der Waals surface area contributed by atoms with E-state index in [1.54, 1.807) is 18.3 Å². The van der Waals surface area contributed by atoms with Crippen molar-refractivity contribution in [2.24, 2.45) is 0 Å². The Hall–Kier alpha value is -0.420. The van der Waals surface area contributed by atoms with E-state index in [1.165, 1.54) is 0 Å². The van der Waals surface area contributed by atoms with Crippen LogP contribution in [0.2, 0.25) is 0 Å². The van der Waals surface area contributed by atoms with Gasteiger partial charge in [0, 0.05) is 21.5 Å². The number of carbonyl (C=O) groups excluding carboxylic acids is 1. The third-order valence-corrected chi connectivity index (χ3v) is 3.04. The molecule has 0 radical (unpaired) electrons. The molecule has 0 aromatic carbocycles. The van der Waals surface area contributed by atoms with Crippen molar-refractivity contribution in [1.82, 2.24) is 10.3 Å². The number of halogens is 2. The number of aromatic nitrogens is 1. The number of nitrogens with one attached hydrogen (secondary N) is 1. The van der Waals surface area contributed by atoms with Crippen molar-refractivity contribution in [3.8, 4) is 0 Å². The topological polar surface area (TPSA) is 42.0 Å². The lowest BCUT2D eigenvalue weighted by molar-refractivity contribution is 0.0933. The van der Waals surface area contributed by atoms with E-state index in [1.807, 2.05) is 6.92 Å². The maximum Gasteiger partial charge on any atom is 0.271 e. The quantitative estimate of drug-likeness (QED) is 0.848. The van der Waals surface area contributed by atoms with Crippen molar-refractivity contribution in [2.45, 2.75) is 31.1 Å². The molecule has 5 heteroatoms. The Morgan fingerprint density at radius 2 is 2.25 bits per heavy atom. The van der Waals surface area contributed by atoms with E-state index < -0.39 is 0 Å². The fourth-order valence-corrected chi connectivity index (χ4v) is 2.39. The molecule has 1 aromatic heterocycles. The highest BCUT2D eigenvalue weighted by Crippen LogP contribution is 2.14. The molecule has 1 heterocycles. The summed E-state index contributed by atoms with van der Waals surface area (Å²) in [5.74, 6) is -0.145. The summed E-state index contributed by atoms with van der Waals surface area (Å²) >= 11 is 6.76. The normalized spacial score (nSPS) is 14.2. The number of nitrogens with zero attached hydrogens (tertiary/aromatic N) is 1. The summed E-state index contributed by atoms with van der Waals surface area (Å²) < 4.78 is 0.714. The maximum atomic E-state index is 11.8. The molecule has 0 saturated heterocycles. The van der Waals surface area contributed by atoms with Crippen molar-refractivity contribution in [3.63, 3.8) is 0 Å². The van der Waals surface area contributed by atoms with Crippen molar-refractivity contribution in [2.75, 3.05) is 0 Å². The average Bonchev–Trinajstić information content (AvgIpc) is 2.16. The molecule has 1 amide bonds. The van der Waals surface area contributed by atoms with E-state index in [9.17, 15) is 4.79 Å². The molecule has 1 rings (SSSR count). The molecule has 1 N–H and O–H groups in total.